The van der Waals surface area contributed by atoms with Gasteiger partial charge in [0, 0.05) is 6.54 Å². The van der Waals surface area contributed by atoms with Gasteiger partial charge in [-0.05, 0) is 48.1 Å². The summed E-state index contributed by atoms with van der Waals surface area (Å²) in [7, 11) is 0. The van der Waals surface area contributed by atoms with E-state index in [1.54, 1.807) is 0 Å². The van der Waals surface area contributed by atoms with Crippen molar-refractivity contribution in [2.24, 2.45) is 0 Å². The first-order valence-corrected chi connectivity index (χ1v) is 8.05. The molecule has 1 heterocycles. The van der Waals surface area contributed by atoms with Crippen LogP contribution in [0, 0.1) is 0 Å². The van der Waals surface area contributed by atoms with Gasteiger partial charge in [-0.2, -0.15) is 0 Å². The van der Waals surface area contributed by atoms with Crippen LogP contribution in [0.5, 0.6) is 11.5 Å². The quantitative estimate of drug-likeness (QED) is 0.947. The van der Waals surface area contributed by atoms with Crippen molar-refractivity contribution in [2.45, 2.75) is 31.7 Å². The van der Waals surface area contributed by atoms with Gasteiger partial charge in [0.15, 0.2) is 11.5 Å². The largest absolute Gasteiger partial charge is 0.454 e. The Labute approximate surface area is 135 Å². The van der Waals surface area contributed by atoms with E-state index in [4.69, 9.17) is 9.47 Å². The van der Waals surface area contributed by atoms with Crippen LogP contribution in [0.1, 0.15) is 35.4 Å². The summed E-state index contributed by atoms with van der Waals surface area (Å²) in [5.41, 5.74) is 3.51. The van der Waals surface area contributed by atoms with Crippen molar-refractivity contribution in [3.63, 3.8) is 0 Å². The number of nitrogens with one attached hydrogen (secondary N) is 1. The minimum atomic E-state index is -0.0334. The second-order valence-corrected chi connectivity index (χ2v) is 6.05. The van der Waals surface area contributed by atoms with E-state index in [1.165, 1.54) is 11.1 Å². The Bertz CT molecular complexity index is 741. The fraction of sp³-hybridized carbons (Fsp3) is 0.316. The minimum absolute atomic E-state index is 0.0334. The average Bonchev–Trinajstić information content (AvgIpc) is 3.07. The summed E-state index contributed by atoms with van der Waals surface area (Å²) in [5, 5.41) is 3.07. The number of rotatable bonds is 3. The predicted molar refractivity (Wildman–Crippen MR) is 86.5 cm³/mol. The van der Waals surface area contributed by atoms with Crippen LogP contribution in [0.25, 0.3) is 0 Å². The summed E-state index contributed by atoms with van der Waals surface area (Å²) in [6.45, 7) is 0.776. The van der Waals surface area contributed by atoms with E-state index < -0.39 is 0 Å². The molecule has 118 valence electrons. The number of hydrogen-bond acceptors (Lipinski definition) is 3. The molecule has 1 aliphatic heterocycles. The number of aryl methyl sites for hydroxylation is 1. The lowest BCUT2D eigenvalue weighted by atomic mass is 9.82. The normalized spacial score (nSPS) is 18.3. The highest BCUT2D eigenvalue weighted by Gasteiger charge is 2.26. The number of amides is 1. The van der Waals surface area contributed by atoms with Crippen LogP contribution in [-0.4, -0.2) is 12.7 Å². The molecule has 0 spiro atoms. The maximum absolute atomic E-state index is 12.6. The van der Waals surface area contributed by atoms with E-state index in [0.717, 1.165) is 36.3 Å². The minimum Gasteiger partial charge on any atom is -0.454 e. The van der Waals surface area contributed by atoms with Crippen molar-refractivity contribution in [1.29, 1.82) is 0 Å². The van der Waals surface area contributed by atoms with Crippen LogP contribution >= 0.6 is 0 Å². The zero-order chi connectivity index (χ0) is 15.6. The highest BCUT2D eigenvalue weighted by molar-refractivity contribution is 5.84. The topological polar surface area (TPSA) is 47.6 Å². The van der Waals surface area contributed by atoms with E-state index in [-0.39, 0.29) is 18.6 Å². The predicted octanol–water partition coefficient (Wildman–Crippen LogP) is 3.15. The van der Waals surface area contributed by atoms with Crippen LogP contribution in [-0.2, 0) is 17.8 Å². The van der Waals surface area contributed by atoms with Gasteiger partial charge in [-0.3, -0.25) is 4.79 Å². The summed E-state index contributed by atoms with van der Waals surface area (Å²) in [4.78, 5) is 12.6. The fourth-order valence-electron chi connectivity index (χ4n) is 3.39. The maximum atomic E-state index is 12.6. The molecule has 1 atom stereocenters. The maximum Gasteiger partial charge on any atom is 0.231 e. The first-order chi connectivity index (χ1) is 11.3. The Morgan fingerprint density at radius 2 is 2.00 bits per heavy atom. The van der Waals surface area contributed by atoms with Crippen LogP contribution in [0.4, 0.5) is 0 Å². The number of fused-ring (bicyclic) bond motifs is 2. The van der Waals surface area contributed by atoms with Gasteiger partial charge < -0.3 is 14.8 Å². The van der Waals surface area contributed by atoms with Crippen LogP contribution in [0.3, 0.4) is 0 Å². The van der Waals surface area contributed by atoms with E-state index >= 15 is 0 Å². The van der Waals surface area contributed by atoms with E-state index in [1.807, 2.05) is 30.3 Å². The van der Waals surface area contributed by atoms with E-state index in [0.29, 0.717) is 6.54 Å². The molecule has 0 saturated carbocycles. The molecule has 2 aromatic carbocycles. The Morgan fingerprint density at radius 3 is 2.96 bits per heavy atom. The second kappa shape index (κ2) is 5.95. The molecule has 4 nitrogen and oxygen atoms in total. The molecular formula is C19H19NO3. The van der Waals surface area contributed by atoms with Gasteiger partial charge >= 0.3 is 0 Å². The van der Waals surface area contributed by atoms with Gasteiger partial charge in [0.2, 0.25) is 12.7 Å². The molecule has 2 aliphatic rings. The van der Waals surface area contributed by atoms with Crippen molar-refractivity contribution in [3.8, 4) is 11.5 Å². The van der Waals surface area contributed by atoms with E-state index in [9.17, 15) is 4.79 Å². The fourth-order valence-corrected chi connectivity index (χ4v) is 3.39. The van der Waals surface area contributed by atoms with Gasteiger partial charge in [0.25, 0.3) is 0 Å². The molecule has 0 saturated heterocycles. The van der Waals surface area contributed by atoms with Gasteiger partial charge in [-0.15, -0.1) is 0 Å². The third-order valence-electron chi connectivity index (χ3n) is 4.59. The number of ether oxygens (including phenoxy) is 2. The molecule has 0 unspecified atom stereocenters. The average molecular weight is 309 g/mol. The molecule has 1 aliphatic carbocycles. The van der Waals surface area contributed by atoms with Crippen LogP contribution < -0.4 is 14.8 Å². The summed E-state index contributed by atoms with van der Waals surface area (Å²) >= 11 is 0. The molecule has 1 N–H and O–H groups in total. The Balaban J connectivity index is 1.45. The number of carbonyl (C=O) groups excluding carboxylic acids is 1. The van der Waals surface area contributed by atoms with Crippen molar-refractivity contribution in [3.05, 3.63) is 59.2 Å². The lowest BCUT2D eigenvalue weighted by Crippen LogP contribution is -2.31. The summed E-state index contributed by atoms with van der Waals surface area (Å²) < 4.78 is 10.7. The Hall–Kier alpha value is -2.49. The number of benzene rings is 2. The molecule has 0 fully saturated rings. The first-order valence-electron chi connectivity index (χ1n) is 8.05. The molecule has 0 aromatic heterocycles. The Kier molecular flexibility index (Phi) is 3.66. The molecule has 23 heavy (non-hydrogen) atoms. The highest BCUT2D eigenvalue weighted by atomic mass is 16.7. The molecule has 1 amide bonds. The van der Waals surface area contributed by atoms with Crippen molar-refractivity contribution in [2.75, 3.05) is 6.79 Å². The molecule has 0 radical (unpaired) electrons. The highest BCUT2D eigenvalue weighted by Crippen LogP contribution is 2.33. The van der Waals surface area contributed by atoms with E-state index in [2.05, 4.69) is 17.4 Å². The van der Waals surface area contributed by atoms with Crippen molar-refractivity contribution < 1.29 is 14.3 Å². The standard InChI is InChI=1S/C19H19NO3/c21-19(16-7-3-5-14-4-1-2-6-15(14)16)20-11-13-8-9-17-18(10-13)23-12-22-17/h1-2,4,6,8-10,16H,3,5,7,11-12H2,(H,20,21)/t16-/m1/s1. The zero-order valence-corrected chi connectivity index (χ0v) is 12.9. The third-order valence-corrected chi connectivity index (χ3v) is 4.59. The molecule has 2 aromatic rings. The van der Waals surface area contributed by atoms with Crippen molar-refractivity contribution in [1.82, 2.24) is 5.32 Å². The second-order valence-electron chi connectivity index (χ2n) is 6.05. The van der Waals surface area contributed by atoms with Crippen molar-refractivity contribution >= 4 is 5.91 Å². The van der Waals surface area contributed by atoms with Crippen LogP contribution in [0.15, 0.2) is 42.5 Å². The number of carbonyl (C=O) groups is 1. The SMILES string of the molecule is O=C(NCc1ccc2c(c1)OCO2)[C@@H]1CCCc2ccccc21. The lowest BCUT2D eigenvalue weighted by molar-refractivity contribution is -0.123. The molecule has 4 rings (SSSR count). The zero-order valence-electron chi connectivity index (χ0n) is 12.9. The summed E-state index contributed by atoms with van der Waals surface area (Å²) in [5.74, 6) is 1.59. The monoisotopic (exact) mass is 309 g/mol. The van der Waals surface area contributed by atoms with Gasteiger partial charge in [0.1, 0.15) is 0 Å². The molecule has 0 bridgehead atoms. The smallest absolute Gasteiger partial charge is 0.231 e. The van der Waals surface area contributed by atoms with Gasteiger partial charge in [-0.1, -0.05) is 30.3 Å². The third kappa shape index (κ3) is 2.77. The molecule has 4 heteroatoms. The lowest BCUT2D eigenvalue weighted by Gasteiger charge is -2.24. The number of hydrogen-bond donors (Lipinski definition) is 1. The summed E-state index contributed by atoms with van der Waals surface area (Å²) in [6, 6.07) is 14.1. The van der Waals surface area contributed by atoms with Gasteiger partial charge in [-0.25, -0.2) is 0 Å². The summed E-state index contributed by atoms with van der Waals surface area (Å²) in [6.07, 6.45) is 3.06. The van der Waals surface area contributed by atoms with Crippen LogP contribution in [0.2, 0.25) is 0 Å². The molecular weight excluding hydrogens is 290 g/mol. The Morgan fingerprint density at radius 1 is 1.13 bits per heavy atom. The van der Waals surface area contributed by atoms with Gasteiger partial charge in [0.05, 0.1) is 5.92 Å². The first kappa shape index (κ1) is 14.1.